The molecule has 0 saturated heterocycles. The molecular weight excluding hydrogens is 438 g/mol. The SMILES string of the molecule is CCOc1ccc([C@@H]2C(C(=O)Nc3ccccc3OC)=C(C)Nc3nc(SCC)nn32)cc1. The lowest BCUT2D eigenvalue weighted by Crippen LogP contribution is -2.31. The van der Waals surface area contributed by atoms with Gasteiger partial charge in [-0.25, -0.2) is 4.68 Å². The fourth-order valence-corrected chi connectivity index (χ4v) is 4.33. The van der Waals surface area contributed by atoms with Gasteiger partial charge in [-0.2, -0.15) is 4.98 Å². The molecule has 1 aliphatic heterocycles. The van der Waals surface area contributed by atoms with E-state index in [0.29, 0.717) is 40.4 Å². The maximum atomic E-state index is 13.6. The van der Waals surface area contributed by atoms with Crippen molar-refractivity contribution in [1.29, 1.82) is 0 Å². The molecule has 1 amide bonds. The summed E-state index contributed by atoms with van der Waals surface area (Å²) < 4.78 is 12.8. The molecule has 0 fully saturated rings. The summed E-state index contributed by atoms with van der Waals surface area (Å²) in [7, 11) is 1.58. The summed E-state index contributed by atoms with van der Waals surface area (Å²) in [5.74, 6) is 2.58. The number of rotatable bonds is 8. The fraction of sp³-hybridized carbons (Fsp3) is 0.292. The largest absolute Gasteiger partial charge is 0.495 e. The van der Waals surface area contributed by atoms with Crippen molar-refractivity contribution < 1.29 is 14.3 Å². The van der Waals surface area contributed by atoms with Crippen LogP contribution in [-0.4, -0.2) is 40.1 Å². The first-order valence-corrected chi connectivity index (χ1v) is 11.8. The number of nitrogens with one attached hydrogen (secondary N) is 2. The number of amides is 1. The van der Waals surface area contributed by atoms with Gasteiger partial charge in [-0.15, -0.1) is 5.10 Å². The third-order valence-electron chi connectivity index (χ3n) is 5.21. The molecule has 1 aliphatic rings. The Morgan fingerprint density at radius 2 is 1.94 bits per heavy atom. The van der Waals surface area contributed by atoms with Crippen LogP contribution in [0.2, 0.25) is 0 Å². The number of carbonyl (C=O) groups excluding carboxylic acids is 1. The molecule has 33 heavy (non-hydrogen) atoms. The lowest BCUT2D eigenvalue weighted by molar-refractivity contribution is -0.113. The highest BCUT2D eigenvalue weighted by atomic mass is 32.2. The van der Waals surface area contributed by atoms with Crippen molar-refractivity contribution in [2.24, 2.45) is 0 Å². The molecule has 0 aliphatic carbocycles. The van der Waals surface area contributed by atoms with Gasteiger partial charge in [0.15, 0.2) is 0 Å². The van der Waals surface area contributed by atoms with Gasteiger partial charge in [-0.3, -0.25) is 4.79 Å². The average molecular weight is 466 g/mol. The number of ether oxygens (including phenoxy) is 2. The number of hydrogen-bond donors (Lipinski definition) is 2. The van der Waals surface area contributed by atoms with E-state index in [-0.39, 0.29) is 5.91 Å². The second-order valence-corrected chi connectivity index (χ2v) is 8.55. The normalized spacial score (nSPS) is 15.0. The quantitative estimate of drug-likeness (QED) is 0.465. The first-order chi connectivity index (χ1) is 16.0. The van der Waals surface area contributed by atoms with Crippen molar-refractivity contribution in [1.82, 2.24) is 14.8 Å². The molecule has 3 aromatic rings. The van der Waals surface area contributed by atoms with E-state index in [1.165, 1.54) is 0 Å². The number of thioether (sulfide) groups is 1. The van der Waals surface area contributed by atoms with Crippen molar-refractivity contribution in [3.8, 4) is 11.5 Å². The first-order valence-electron chi connectivity index (χ1n) is 10.8. The molecule has 4 rings (SSSR count). The molecule has 172 valence electrons. The minimum atomic E-state index is -0.453. The van der Waals surface area contributed by atoms with E-state index in [4.69, 9.17) is 14.6 Å². The van der Waals surface area contributed by atoms with Crippen LogP contribution >= 0.6 is 11.8 Å². The number of allylic oxidation sites excluding steroid dienone is 1. The van der Waals surface area contributed by atoms with E-state index in [0.717, 1.165) is 17.1 Å². The van der Waals surface area contributed by atoms with Gasteiger partial charge < -0.3 is 20.1 Å². The molecule has 2 aromatic carbocycles. The number of fused-ring (bicyclic) bond motifs is 1. The zero-order valence-corrected chi connectivity index (χ0v) is 19.9. The highest BCUT2D eigenvalue weighted by Crippen LogP contribution is 2.37. The number of hydrogen-bond acceptors (Lipinski definition) is 7. The van der Waals surface area contributed by atoms with Gasteiger partial charge >= 0.3 is 0 Å². The second kappa shape index (κ2) is 9.99. The summed E-state index contributed by atoms with van der Waals surface area (Å²) in [4.78, 5) is 18.2. The van der Waals surface area contributed by atoms with Crippen molar-refractivity contribution in [2.75, 3.05) is 30.1 Å². The van der Waals surface area contributed by atoms with Crippen molar-refractivity contribution in [3.05, 3.63) is 65.4 Å². The molecule has 2 heterocycles. The van der Waals surface area contributed by atoms with Gasteiger partial charge in [0.2, 0.25) is 11.1 Å². The summed E-state index contributed by atoms with van der Waals surface area (Å²) >= 11 is 1.55. The summed E-state index contributed by atoms with van der Waals surface area (Å²) in [6, 6.07) is 14.6. The second-order valence-electron chi connectivity index (χ2n) is 7.32. The highest BCUT2D eigenvalue weighted by Gasteiger charge is 2.34. The summed E-state index contributed by atoms with van der Waals surface area (Å²) in [5, 5.41) is 11.6. The summed E-state index contributed by atoms with van der Waals surface area (Å²) in [5.41, 5.74) is 2.77. The van der Waals surface area contributed by atoms with Gasteiger partial charge in [0, 0.05) is 5.70 Å². The smallest absolute Gasteiger partial charge is 0.255 e. The molecule has 0 unspecified atom stereocenters. The van der Waals surface area contributed by atoms with E-state index in [1.807, 2.05) is 62.4 Å². The highest BCUT2D eigenvalue weighted by molar-refractivity contribution is 7.99. The molecule has 0 radical (unpaired) electrons. The Kier molecular flexibility index (Phi) is 6.88. The number of benzene rings is 2. The molecule has 0 saturated carbocycles. The van der Waals surface area contributed by atoms with Crippen LogP contribution in [0.1, 0.15) is 32.4 Å². The monoisotopic (exact) mass is 465 g/mol. The number of para-hydroxylation sites is 2. The molecule has 8 nitrogen and oxygen atoms in total. The predicted octanol–water partition coefficient (Wildman–Crippen LogP) is 4.73. The van der Waals surface area contributed by atoms with Crippen LogP contribution in [0.15, 0.2) is 65.0 Å². The van der Waals surface area contributed by atoms with Crippen LogP contribution in [0.4, 0.5) is 11.6 Å². The Balaban J connectivity index is 1.76. The van der Waals surface area contributed by atoms with Crippen molar-refractivity contribution in [3.63, 3.8) is 0 Å². The molecule has 0 spiro atoms. The predicted molar refractivity (Wildman–Crippen MR) is 130 cm³/mol. The molecule has 1 aromatic heterocycles. The molecule has 1 atom stereocenters. The first kappa shape index (κ1) is 22.7. The number of carbonyl (C=O) groups is 1. The van der Waals surface area contributed by atoms with Crippen LogP contribution in [0.5, 0.6) is 11.5 Å². The Morgan fingerprint density at radius 1 is 1.18 bits per heavy atom. The van der Waals surface area contributed by atoms with E-state index >= 15 is 0 Å². The van der Waals surface area contributed by atoms with Gasteiger partial charge in [-0.05, 0) is 49.4 Å². The zero-order valence-electron chi connectivity index (χ0n) is 19.1. The third-order valence-corrected chi connectivity index (χ3v) is 5.93. The van der Waals surface area contributed by atoms with Gasteiger partial charge in [0.25, 0.3) is 5.91 Å². The number of nitrogens with zero attached hydrogens (tertiary/aromatic N) is 3. The third kappa shape index (κ3) is 4.68. The van der Waals surface area contributed by atoms with Crippen LogP contribution in [-0.2, 0) is 4.79 Å². The van der Waals surface area contributed by atoms with Gasteiger partial charge in [0.05, 0.1) is 25.0 Å². The zero-order chi connectivity index (χ0) is 23.4. The van der Waals surface area contributed by atoms with Crippen LogP contribution in [0.25, 0.3) is 0 Å². The van der Waals surface area contributed by atoms with Gasteiger partial charge in [-0.1, -0.05) is 43.0 Å². The van der Waals surface area contributed by atoms with E-state index in [2.05, 4.69) is 22.5 Å². The Morgan fingerprint density at radius 3 is 2.64 bits per heavy atom. The van der Waals surface area contributed by atoms with Crippen LogP contribution < -0.4 is 20.1 Å². The minimum absolute atomic E-state index is 0.241. The van der Waals surface area contributed by atoms with E-state index in [1.54, 1.807) is 23.6 Å². The lowest BCUT2D eigenvalue weighted by atomic mass is 9.95. The van der Waals surface area contributed by atoms with Crippen molar-refractivity contribution >= 4 is 29.3 Å². The Hall–Kier alpha value is -3.46. The van der Waals surface area contributed by atoms with Gasteiger partial charge in [0.1, 0.15) is 17.5 Å². The van der Waals surface area contributed by atoms with E-state index in [9.17, 15) is 4.79 Å². The standard InChI is InChI=1S/C24H27N5O3S/c1-5-32-17-13-11-16(12-14-17)21-20(22(30)26-18-9-7-8-10-19(18)31-4)15(3)25-23-27-24(33-6-2)28-29(21)23/h7-14,21H,5-6H2,1-4H3,(H,26,30)(H,25,27,28)/t21-/m1/s1. The maximum Gasteiger partial charge on any atom is 0.255 e. The van der Waals surface area contributed by atoms with Crippen molar-refractivity contribution in [2.45, 2.75) is 32.0 Å². The number of anilines is 2. The Bertz CT molecular complexity index is 1170. The topological polar surface area (TPSA) is 90.3 Å². The maximum absolute atomic E-state index is 13.6. The molecular formula is C24H27N5O3S. The molecule has 2 N–H and O–H groups in total. The Labute approximate surface area is 197 Å². The number of methoxy groups -OCH3 is 1. The molecule has 0 bridgehead atoms. The summed E-state index contributed by atoms with van der Waals surface area (Å²) in [6.07, 6.45) is 0. The lowest BCUT2D eigenvalue weighted by Gasteiger charge is -2.29. The van der Waals surface area contributed by atoms with E-state index < -0.39 is 6.04 Å². The average Bonchev–Trinajstić information content (AvgIpc) is 3.21. The minimum Gasteiger partial charge on any atom is -0.495 e. The number of aromatic nitrogens is 3. The van der Waals surface area contributed by atoms with Crippen LogP contribution in [0.3, 0.4) is 0 Å². The fourth-order valence-electron chi connectivity index (χ4n) is 3.77. The molecule has 9 heteroatoms. The van der Waals surface area contributed by atoms with Crippen LogP contribution in [0, 0.1) is 0 Å². The summed E-state index contributed by atoms with van der Waals surface area (Å²) in [6.45, 7) is 6.46.